The van der Waals surface area contributed by atoms with E-state index in [-0.39, 0.29) is 11.9 Å². The molecule has 0 aliphatic carbocycles. The van der Waals surface area contributed by atoms with E-state index in [1.54, 1.807) is 14.0 Å². The van der Waals surface area contributed by atoms with Crippen molar-refractivity contribution in [3.63, 3.8) is 0 Å². The first kappa shape index (κ1) is 7.75. The van der Waals surface area contributed by atoms with Crippen molar-refractivity contribution in [3.05, 3.63) is 0 Å². The average Bonchev–Trinajstić information content (AvgIpc) is 2.07. The largest absolute Gasteiger partial charge is 0.289 e. The Morgan fingerprint density at radius 2 is 2.20 bits per heavy atom. The van der Waals surface area contributed by atoms with Gasteiger partial charge in [-0.1, -0.05) is 0 Å². The highest BCUT2D eigenvalue weighted by Gasteiger charge is 2.36. The third-order valence-electron chi connectivity index (χ3n) is 1.50. The molecule has 1 fully saturated rings. The van der Waals surface area contributed by atoms with Gasteiger partial charge in [0.1, 0.15) is 6.04 Å². The van der Waals surface area contributed by atoms with Gasteiger partial charge in [0.25, 0.3) is 5.91 Å². The summed E-state index contributed by atoms with van der Waals surface area (Å²) < 4.78 is 1.26. The number of likely N-dealkylation sites (N-methyl/N-ethyl adjacent to an activating group) is 1. The SMILES string of the molecule is CC1C(=O)N(C)C(=S)N1Cl. The van der Waals surface area contributed by atoms with Crippen LogP contribution in [0.3, 0.4) is 0 Å². The predicted octanol–water partition coefficient (Wildman–Crippen LogP) is 0.588. The normalized spacial score (nSPS) is 26.5. The molecule has 0 saturated carbocycles. The molecule has 1 aliphatic rings. The van der Waals surface area contributed by atoms with E-state index >= 15 is 0 Å². The van der Waals surface area contributed by atoms with E-state index in [9.17, 15) is 4.79 Å². The van der Waals surface area contributed by atoms with E-state index in [1.165, 1.54) is 9.32 Å². The van der Waals surface area contributed by atoms with Gasteiger partial charge in [-0.2, -0.15) is 0 Å². The molecule has 56 valence electrons. The molecule has 0 radical (unpaired) electrons. The first-order valence-corrected chi connectivity index (χ1v) is 3.57. The van der Waals surface area contributed by atoms with E-state index in [0.717, 1.165) is 0 Å². The second-order valence-electron chi connectivity index (χ2n) is 2.17. The van der Waals surface area contributed by atoms with Crippen LogP contribution in [0.2, 0.25) is 0 Å². The van der Waals surface area contributed by atoms with Gasteiger partial charge in [-0.25, -0.2) is 4.42 Å². The molecule has 1 unspecified atom stereocenters. The number of carbonyl (C=O) groups is 1. The monoisotopic (exact) mass is 178 g/mol. The molecule has 10 heavy (non-hydrogen) atoms. The molecule has 0 aromatic heterocycles. The van der Waals surface area contributed by atoms with Gasteiger partial charge in [-0.05, 0) is 19.1 Å². The zero-order valence-electron chi connectivity index (χ0n) is 5.67. The summed E-state index contributed by atoms with van der Waals surface area (Å²) in [6, 6.07) is -0.320. The fourth-order valence-corrected chi connectivity index (χ4v) is 1.23. The average molecular weight is 179 g/mol. The van der Waals surface area contributed by atoms with Gasteiger partial charge in [-0.3, -0.25) is 9.69 Å². The van der Waals surface area contributed by atoms with Crippen LogP contribution in [-0.4, -0.2) is 33.4 Å². The van der Waals surface area contributed by atoms with Crippen LogP contribution in [0.1, 0.15) is 6.92 Å². The van der Waals surface area contributed by atoms with Gasteiger partial charge in [0.05, 0.1) is 0 Å². The molecule has 1 atom stereocenters. The van der Waals surface area contributed by atoms with Crippen LogP contribution in [0.15, 0.2) is 0 Å². The molecule has 1 aliphatic heterocycles. The molecule has 0 spiro atoms. The minimum atomic E-state index is -0.320. The van der Waals surface area contributed by atoms with Crippen LogP contribution in [0, 0.1) is 0 Å². The number of halogens is 1. The fourth-order valence-electron chi connectivity index (χ4n) is 0.780. The number of rotatable bonds is 0. The molecule has 1 heterocycles. The Kier molecular flexibility index (Phi) is 1.83. The molecule has 0 bridgehead atoms. The maximum absolute atomic E-state index is 11.0. The minimum absolute atomic E-state index is 0.0556. The first-order valence-electron chi connectivity index (χ1n) is 2.82. The Balaban J connectivity index is 2.89. The number of hydrogen-bond acceptors (Lipinski definition) is 2. The summed E-state index contributed by atoms with van der Waals surface area (Å²) in [4.78, 5) is 12.4. The Morgan fingerprint density at radius 1 is 1.70 bits per heavy atom. The van der Waals surface area contributed by atoms with Crippen LogP contribution < -0.4 is 0 Å². The third-order valence-corrected chi connectivity index (χ3v) is 2.52. The van der Waals surface area contributed by atoms with Gasteiger partial charge < -0.3 is 0 Å². The van der Waals surface area contributed by atoms with E-state index in [0.29, 0.717) is 5.11 Å². The Morgan fingerprint density at radius 3 is 2.30 bits per heavy atom. The lowest BCUT2D eigenvalue weighted by Crippen LogP contribution is -2.25. The highest BCUT2D eigenvalue weighted by atomic mass is 35.5. The van der Waals surface area contributed by atoms with E-state index in [2.05, 4.69) is 0 Å². The molecular weight excluding hydrogens is 172 g/mol. The summed E-state index contributed by atoms with van der Waals surface area (Å²) in [6.45, 7) is 1.71. The van der Waals surface area contributed by atoms with Crippen molar-refractivity contribution in [2.75, 3.05) is 7.05 Å². The van der Waals surface area contributed by atoms with Crippen LogP contribution in [-0.2, 0) is 4.79 Å². The molecule has 0 N–H and O–H groups in total. The van der Waals surface area contributed by atoms with Crippen molar-refractivity contribution in [1.29, 1.82) is 0 Å². The number of amides is 1. The number of nitrogens with zero attached hydrogens (tertiary/aromatic N) is 2. The van der Waals surface area contributed by atoms with Crippen LogP contribution in [0.4, 0.5) is 0 Å². The van der Waals surface area contributed by atoms with Gasteiger partial charge in [0.15, 0.2) is 5.11 Å². The van der Waals surface area contributed by atoms with Crippen molar-refractivity contribution >= 4 is 35.0 Å². The fraction of sp³-hybridized carbons (Fsp3) is 0.600. The standard InChI is InChI=1S/C5H7ClN2OS/c1-3-4(9)7(2)5(10)8(3)6/h3H,1-2H3. The van der Waals surface area contributed by atoms with Crippen molar-refractivity contribution < 1.29 is 4.79 Å². The van der Waals surface area contributed by atoms with E-state index in [1.807, 2.05) is 0 Å². The highest BCUT2D eigenvalue weighted by Crippen LogP contribution is 2.17. The van der Waals surface area contributed by atoms with Crippen LogP contribution in [0.25, 0.3) is 0 Å². The Hall–Kier alpha value is -0.350. The summed E-state index contributed by atoms with van der Waals surface area (Å²) in [5.74, 6) is -0.0556. The smallest absolute Gasteiger partial charge is 0.252 e. The number of thiocarbonyl (C=S) groups is 1. The highest BCUT2D eigenvalue weighted by molar-refractivity contribution is 7.80. The molecule has 0 aromatic rings. The molecule has 1 rings (SSSR count). The lowest BCUT2D eigenvalue weighted by Gasteiger charge is -2.09. The minimum Gasteiger partial charge on any atom is -0.289 e. The van der Waals surface area contributed by atoms with Crippen LogP contribution in [0.5, 0.6) is 0 Å². The summed E-state index contributed by atoms with van der Waals surface area (Å²) >= 11 is 10.5. The lowest BCUT2D eigenvalue weighted by molar-refractivity contribution is -0.126. The van der Waals surface area contributed by atoms with Gasteiger partial charge in [0.2, 0.25) is 0 Å². The molecule has 0 aromatic carbocycles. The van der Waals surface area contributed by atoms with Crippen molar-refractivity contribution in [1.82, 2.24) is 9.32 Å². The van der Waals surface area contributed by atoms with Gasteiger partial charge >= 0.3 is 0 Å². The molecule has 1 saturated heterocycles. The number of hydrogen-bond donors (Lipinski definition) is 0. The maximum Gasteiger partial charge on any atom is 0.252 e. The van der Waals surface area contributed by atoms with Crippen molar-refractivity contribution in [2.45, 2.75) is 13.0 Å². The molecule has 3 nitrogen and oxygen atoms in total. The summed E-state index contributed by atoms with van der Waals surface area (Å²) in [5, 5.41) is 0.374. The van der Waals surface area contributed by atoms with Gasteiger partial charge in [0, 0.05) is 18.8 Å². The van der Waals surface area contributed by atoms with Gasteiger partial charge in [-0.15, -0.1) is 0 Å². The first-order chi connectivity index (χ1) is 4.55. The topological polar surface area (TPSA) is 23.6 Å². The van der Waals surface area contributed by atoms with E-state index in [4.69, 9.17) is 24.0 Å². The zero-order chi connectivity index (χ0) is 7.89. The third kappa shape index (κ3) is 0.876. The van der Waals surface area contributed by atoms with Crippen molar-refractivity contribution in [2.24, 2.45) is 0 Å². The predicted molar refractivity (Wildman–Crippen MR) is 42.5 cm³/mol. The second-order valence-corrected chi connectivity index (χ2v) is 2.90. The summed E-state index contributed by atoms with van der Waals surface area (Å²) in [6.07, 6.45) is 0. The number of carbonyl (C=O) groups excluding carboxylic acids is 1. The second kappa shape index (κ2) is 2.36. The molecule has 1 amide bonds. The molecule has 5 heteroatoms. The maximum atomic E-state index is 11.0. The van der Waals surface area contributed by atoms with Crippen LogP contribution >= 0.6 is 24.0 Å². The Bertz CT molecular complexity index is 176. The Labute approximate surface area is 69.6 Å². The van der Waals surface area contributed by atoms with Crippen molar-refractivity contribution in [3.8, 4) is 0 Å². The quantitative estimate of drug-likeness (QED) is 0.401. The zero-order valence-corrected chi connectivity index (χ0v) is 7.24. The summed E-state index contributed by atoms with van der Waals surface area (Å²) in [7, 11) is 1.61. The summed E-state index contributed by atoms with van der Waals surface area (Å²) in [5.41, 5.74) is 0. The molecular formula is C5H7ClN2OS. The van der Waals surface area contributed by atoms with E-state index < -0.39 is 0 Å². The lowest BCUT2D eigenvalue weighted by atomic mass is 10.3.